The van der Waals surface area contributed by atoms with E-state index in [2.05, 4.69) is 6.07 Å². The van der Waals surface area contributed by atoms with Gasteiger partial charge in [-0.2, -0.15) is 5.26 Å². The molecule has 2 aromatic rings. The Hall–Kier alpha value is -3.43. The zero-order valence-electron chi connectivity index (χ0n) is 15.3. The van der Waals surface area contributed by atoms with Crippen molar-refractivity contribution in [3.8, 4) is 11.8 Å². The van der Waals surface area contributed by atoms with Gasteiger partial charge in [0, 0.05) is 18.7 Å². The molecule has 0 radical (unpaired) electrons. The number of nitriles is 1. The van der Waals surface area contributed by atoms with Gasteiger partial charge in [-0.05, 0) is 48.0 Å². The van der Waals surface area contributed by atoms with E-state index in [1.54, 1.807) is 59.5 Å². The summed E-state index contributed by atoms with van der Waals surface area (Å²) >= 11 is 0. The number of allylic oxidation sites excluding steroid dienone is 1. The summed E-state index contributed by atoms with van der Waals surface area (Å²) in [5.74, 6) is 0.323. The topological polar surface area (TPSA) is 79.6 Å². The predicted octanol–water partition coefficient (Wildman–Crippen LogP) is 2.69. The molecule has 1 saturated heterocycles. The highest BCUT2D eigenvalue weighted by Gasteiger charge is 2.17. The fourth-order valence-electron chi connectivity index (χ4n) is 2.70. The molecule has 0 saturated carbocycles. The largest absolute Gasteiger partial charge is 0.484 e. The smallest absolute Gasteiger partial charge is 0.260 e. The normalized spacial score (nSPS) is 13.9. The van der Waals surface area contributed by atoms with Gasteiger partial charge in [0.2, 0.25) is 0 Å². The monoisotopic (exact) mass is 376 g/mol. The summed E-state index contributed by atoms with van der Waals surface area (Å²) in [5.41, 5.74) is 1.94. The van der Waals surface area contributed by atoms with Gasteiger partial charge in [0.05, 0.1) is 24.8 Å². The van der Waals surface area contributed by atoms with Gasteiger partial charge in [0.25, 0.3) is 5.91 Å². The maximum absolute atomic E-state index is 12.3. The van der Waals surface area contributed by atoms with Crippen molar-refractivity contribution < 1.29 is 19.1 Å². The van der Waals surface area contributed by atoms with E-state index < -0.39 is 0 Å². The molecule has 0 atom stereocenters. The Morgan fingerprint density at radius 3 is 2.39 bits per heavy atom. The van der Waals surface area contributed by atoms with Crippen LogP contribution in [-0.4, -0.2) is 49.5 Å². The molecule has 1 heterocycles. The van der Waals surface area contributed by atoms with Crippen molar-refractivity contribution in [1.82, 2.24) is 4.90 Å². The number of benzene rings is 2. The molecule has 6 nitrogen and oxygen atoms in total. The molecule has 142 valence electrons. The first-order chi connectivity index (χ1) is 13.7. The van der Waals surface area contributed by atoms with E-state index >= 15 is 0 Å². The summed E-state index contributed by atoms with van der Waals surface area (Å²) < 4.78 is 10.7. The summed E-state index contributed by atoms with van der Waals surface area (Å²) in [6, 6.07) is 15.7. The van der Waals surface area contributed by atoms with E-state index in [-0.39, 0.29) is 18.3 Å². The van der Waals surface area contributed by atoms with Crippen LogP contribution in [0.3, 0.4) is 0 Å². The van der Waals surface area contributed by atoms with Crippen LogP contribution < -0.4 is 4.74 Å². The molecule has 1 fully saturated rings. The number of hydrogen-bond acceptors (Lipinski definition) is 5. The molecule has 3 rings (SSSR count). The van der Waals surface area contributed by atoms with E-state index in [0.717, 1.165) is 5.56 Å². The average Bonchev–Trinajstić information content (AvgIpc) is 2.77. The summed E-state index contributed by atoms with van der Waals surface area (Å²) in [5, 5.41) is 8.79. The van der Waals surface area contributed by atoms with Gasteiger partial charge in [0.15, 0.2) is 12.4 Å². The van der Waals surface area contributed by atoms with Crippen LogP contribution in [-0.2, 0) is 9.53 Å². The van der Waals surface area contributed by atoms with Gasteiger partial charge < -0.3 is 14.4 Å². The lowest BCUT2D eigenvalue weighted by Gasteiger charge is -2.26. The lowest BCUT2D eigenvalue weighted by molar-refractivity contribution is -0.137. The molecule has 0 spiro atoms. The molecule has 1 aliphatic heterocycles. The highest BCUT2D eigenvalue weighted by Crippen LogP contribution is 2.14. The third-order valence-electron chi connectivity index (χ3n) is 4.33. The van der Waals surface area contributed by atoms with Gasteiger partial charge in [-0.15, -0.1) is 0 Å². The van der Waals surface area contributed by atoms with E-state index in [9.17, 15) is 9.59 Å². The van der Waals surface area contributed by atoms with E-state index in [4.69, 9.17) is 14.7 Å². The van der Waals surface area contributed by atoms with Crippen LogP contribution in [0.1, 0.15) is 21.5 Å². The number of hydrogen-bond donors (Lipinski definition) is 0. The van der Waals surface area contributed by atoms with Crippen molar-refractivity contribution in [3.05, 3.63) is 71.3 Å². The Balaban J connectivity index is 1.52. The Morgan fingerprint density at radius 1 is 1.07 bits per heavy atom. The zero-order valence-corrected chi connectivity index (χ0v) is 15.3. The maximum Gasteiger partial charge on any atom is 0.260 e. The van der Waals surface area contributed by atoms with Crippen LogP contribution in [0.4, 0.5) is 0 Å². The van der Waals surface area contributed by atoms with Crippen LogP contribution in [0.5, 0.6) is 5.75 Å². The highest BCUT2D eigenvalue weighted by molar-refractivity contribution is 6.06. The highest BCUT2D eigenvalue weighted by atomic mass is 16.5. The van der Waals surface area contributed by atoms with Crippen LogP contribution in [0, 0.1) is 11.3 Å². The van der Waals surface area contributed by atoms with E-state index in [0.29, 0.717) is 43.2 Å². The number of rotatable bonds is 6. The first-order valence-electron chi connectivity index (χ1n) is 8.97. The Bertz CT molecular complexity index is 890. The van der Waals surface area contributed by atoms with Crippen molar-refractivity contribution in [2.24, 2.45) is 0 Å². The minimum Gasteiger partial charge on any atom is -0.484 e. The summed E-state index contributed by atoms with van der Waals surface area (Å²) in [6.45, 7) is 2.24. The van der Waals surface area contributed by atoms with Crippen LogP contribution in [0.2, 0.25) is 0 Å². The predicted molar refractivity (Wildman–Crippen MR) is 104 cm³/mol. The number of carbonyl (C=O) groups is 2. The van der Waals surface area contributed by atoms with Crippen molar-refractivity contribution in [2.45, 2.75) is 0 Å². The first kappa shape index (κ1) is 19.3. The molecule has 0 unspecified atom stereocenters. The number of morpholine rings is 1. The van der Waals surface area contributed by atoms with E-state index in [1.165, 1.54) is 6.08 Å². The number of carbonyl (C=O) groups excluding carboxylic acids is 2. The Kier molecular flexibility index (Phi) is 6.55. The Morgan fingerprint density at radius 2 is 1.75 bits per heavy atom. The van der Waals surface area contributed by atoms with Gasteiger partial charge in [-0.3, -0.25) is 9.59 Å². The van der Waals surface area contributed by atoms with Gasteiger partial charge in [-0.1, -0.05) is 18.2 Å². The SMILES string of the molecule is N#Cc1ccc(/C=C/C(=O)c2ccc(OCC(=O)N3CCOCC3)cc2)cc1. The molecule has 28 heavy (non-hydrogen) atoms. The van der Waals surface area contributed by atoms with E-state index in [1.807, 2.05) is 0 Å². The zero-order chi connectivity index (χ0) is 19.8. The third-order valence-corrected chi connectivity index (χ3v) is 4.33. The molecule has 0 N–H and O–H groups in total. The average molecular weight is 376 g/mol. The van der Waals surface area contributed by atoms with Gasteiger partial charge >= 0.3 is 0 Å². The fourth-order valence-corrected chi connectivity index (χ4v) is 2.70. The molecule has 6 heteroatoms. The second-order valence-corrected chi connectivity index (χ2v) is 6.24. The first-order valence-corrected chi connectivity index (χ1v) is 8.97. The number of ether oxygens (including phenoxy) is 2. The minimum atomic E-state index is -0.139. The molecule has 1 aliphatic rings. The maximum atomic E-state index is 12.3. The molecule has 0 aliphatic carbocycles. The number of ketones is 1. The second-order valence-electron chi connectivity index (χ2n) is 6.24. The standard InChI is InChI=1S/C22H20N2O4/c23-15-18-3-1-17(2-4-18)5-10-21(25)19-6-8-20(9-7-19)28-16-22(26)24-11-13-27-14-12-24/h1-10H,11-14,16H2/b10-5+. The van der Waals surface area contributed by atoms with Crippen LogP contribution in [0.15, 0.2) is 54.6 Å². The molecular formula is C22H20N2O4. The summed E-state index contributed by atoms with van der Waals surface area (Å²) in [6.07, 6.45) is 3.19. The summed E-state index contributed by atoms with van der Waals surface area (Å²) in [4.78, 5) is 26.1. The second kappa shape index (κ2) is 9.49. The van der Waals surface area contributed by atoms with Crippen LogP contribution >= 0.6 is 0 Å². The van der Waals surface area contributed by atoms with Gasteiger partial charge in [-0.25, -0.2) is 0 Å². The fraction of sp³-hybridized carbons (Fsp3) is 0.227. The molecule has 0 bridgehead atoms. The van der Waals surface area contributed by atoms with Crippen molar-refractivity contribution in [2.75, 3.05) is 32.9 Å². The quantitative estimate of drug-likeness (QED) is 0.572. The Labute approximate surface area is 163 Å². The molecular weight excluding hydrogens is 356 g/mol. The van der Waals surface area contributed by atoms with Crippen LogP contribution in [0.25, 0.3) is 6.08 Å². The third kappa shape index (κ3) is 5.29. The van der Waals surface area contributed by atoms with Gasteiger partial charge in [0.1, 0.15) is 5.75 Å². The van der Waals surface area contributed by atoms with Crippen molar-refractivity contribution in [3.63, 3.8) is 0 Å². The lowest BCUT2D eigenvalue weighted by atomic mass is 10.1. The molecule has 0 aromatic heterocycles. The number of amides is 1. The minimum absolute atomic E-state index is 0.0358. The van der Waals surface area contributed by atoms with Crippen molar-refractivity contribution in [1.29, 1.82) is 5.26 Å². The lowest BCUT2D eigenvalue weighted by Crippen LogP contribution is -2.42. The van der Waals surface area contributed by atoms with Crippen molar-refractivity contribution >= 4 is 17.8 Å². The summed E-state index contributed by atoms with van der Waals surface area (Å²) in [7, 11) is 0. The number of nitrogens with zero attached hydrogens (tertiary/aromatic N) is 2. The molecule has 2 aromatic carbocycles. The molecule has 1 amide bonds.